The van der Waals surface area contributed by atoms with Crippen molar-refractivity contribution in [1.29, 1.82) is 0 Å². The zero-order chi connectivity index (χ0) is 20.8. The third-order valence-corrected chi connectivity index (χ3v) is 5.43. The summed E-state index contributed by atoms with van der Waals surface area (Å²) in [5, 5.41) is 8.93. The summed E-state index contributed by atoms with van der Waals surface area (Å²) in [6, 6.07) is 8.03. The fourth-order valence-electron chi connectivity index (χ4n) is 2.94. The lowest BCUT2D eigenvalue weighted by atomic mass is 10.3. The minimum atomic E-state index is -0.209. The van der Waals surface area contributed by atoms with Crippen LogP contribution in [0.2, 0.25) is 0 Å². The Morgan fingerprint density at radius 3 is 2.73 bits per heavy atom. The van der Waals surface area contributed by atoms with Crippen LogP contribution in [0.15, 0.2) is 42.0 Å². The van der Waals surface area contributed by atoms with Crippen molar-refractivity contribution in [2.24, 2.45) is 0 Å². The number of aromatic amines is 1. The van der Waals surface area contributed by atoms with E-state index in [-0.39, 0.29) is 12.5 Å². The van der Waals surface area contributed by atoms with Crippen LogP contribution in [0.4, 0.5) is 0 Å². The predicted molar refractivity (Wildman–Crippen MR) is 116 cm³/mol. The molecule has 3 aromatic heterocycles. The van der Waals surface area contributed by atoms with Crippen LogP contribution in [-0.4, -0.2) is 43.9 Å². The van der Waals surface area contributed by atoms with Crippen molar-refractivity contribution >= 4 is 28.3 Å². The van der Waals surface area contributed by atoms with Gasteiger partial charge in [-0.05, 0) is 24.6 Å². The number of nitrogens with one attached hydrogen (secondary N) is 3. The van der Waals surface area contributed by atoms with Crippen LogP contribution in [0.25, 0.3) is 11.0 Å². The number of para-hydroxylation sites is 2. The summed E-state index contributed by atoms with van der Waals surface area (Å²) in [5.74, 6) is 1.35. The second-order valence-electron chi connectivity index (χ2n) is 6.94. The fraction of sp³-hybridized carbons (Fsp3) is 0.286. The Balaban J connectivity index is 1.17. The van der Waals surface area contributed by atoms with Crippen molar-refractivity contribution < 1.29 is 4.79 Å². The summed E-state index contributed by atoms with van der Waals surface area (Å²) in [6.45, 7) is 3.84. The van der Waals surface area contributed by atoms with E-state index < -0.39 is 0 Å². The topological polar surface area (TPSA) is 108 Å². The van der Waals surface area contributed by atoms with Crippen molar-refractivity contribution in [3.63, 3.8) is 0 Å². The molecule has 1 aromatic carbocycles. The van der Waals surface area contributed by atoms with Crippen molar-refractivity contribution in [1.82, 2.24) is 35.6 Å². The first kappa shape index (κ1) is 20.1. The van der Waals surface area contributed by atoms with Gasteiger partial charge in [0.1, 0.15) is 17.3 Å². The van der Waals surface area contributed by atoms with Gasteiger partial charge in [-0.1, -0.05) is 12.1 Å². The van der Waals surface area contributed by atoms with Gasteiger partial charge < -0.3 is 15.6 Å². The van der Waals surface area contributed by atoms with Crippen LogP contribution in [0.5, 0.6) is 0 Å². The molecular weight excluding hydrogens is 398 g/mol. The molecule has 0 saturated heterocycles. The predicted octanol–water partition coefficient (Wildman–Crippen LogP) is 2.42. The Hall–Kier alpha value is -3.17. The zero-order valence-electron chi connectivity index (χ0n) is 16.7. The molecule has 0 spiro atoms. The summed E-state index contributed by atoms with van der Waals surface area (Å²) in [6.07, 6.45) is 5.08. The van der Waals surface area contributed by atoms with Crippen LogP contribution in [0.3, 0.4) is 0 Å². The first-order valence-electron chi connectivity index (χ1n) is 9.82. The number of carbonyl (C=O) groups is 1. The van der Waals surface area contributed by atoms with Gasteiger partial charge in [-0.3, -0.25) is 4.79 Å². The van der Waals surface area contributed by atoms with Gasteiger partial charge in [0.25, 0.3) is 5.91 Å². The van der Waals surface area contributed by atoms with Gasteiger partial charge >= 0.3 is 0 Å². The highest BCUT2D eigenvalue weighted by Gasteiger charge is 2.11. The molecule has 0 radical (unpaired) electrons. The number of carbonyl (C=O) groups excluding carboxylic acids is 1. The molecule has 0 saturated carbocycles. The number of thiazole rings is 1. The fourth-order valence-corrected chi connectivity index (χ4v) is 3.72. The first-order valence-corrected chi connectivity index (χ1v) is 10.7. The lowest BCUT2D eigenvalue weighted by molar-refractivity contribution is 0.0945. The number of nitrogens with zero attached hydrogens (tertiary/aromatic N) is 4. The minimum absolute atomic E-state index is 0.209. The molecule has 4 rings (SSSR count). The maximum Gasteiger partial charge on any atom is 0.271 e. The van der Waals surface area contributed by atoms with Crippen molar-refractivity contribution in [3.8, 4) is 0 Å². The largest absolute Gasteiger partial charge is 0.343 e. The monoisotopic (exact) mass is 421 g/mol. The summed E-state index contributed by atoms with van der Waals surface area (Å²) in [5.41, 5.74) is 3.48. The lowest BCUT2D eigenvalue weighted by Crippen LogP contribution is -2.24. The van der Waals surface area contributed by atoms with E-state index in [1.54, 1.807) is 17.8 Å². The van der Waals surface area contributed by atoms with E-state index >= 15 is 0 Å². The van der Waals surface area contributed by atoms with Crippen molar-refractivity contribution in [2.75, 3.05) is 13.1 Å². The molecule has 0 atom stereocenters. The minimum Gasteiger partial charge on any atom is -0.343 e. The number of amides is 1. The molecule has 0 fully saturated rings. The third kappa shape index (κ3) is 5.25. The number of aromatic nitrogens is 5. The van der Waals surface area contributed by atoms with Crippen LogP contribution in [-0.2, 0) is 19.4 Å². The molecule has 1 amide bonds. The molecule has 30 heavy (non-hydrogen) atoms. The normalized spacial score (nSPS) is 11.1. The number of hydrogen-bond acceptors (Lipinski definition) is 7. The highest BCUT2D eigenvalue weighted by Crippen LogP contribution is 2.11. The number of benzene rings is 1. The second kappa shape index (κ2) is 9.55. The molecule has 0 bridgehead atoms. The lowest BCUT2D eigenvalue weighted by Gasteiger charge is -2.02. The van der Waals surface area contributed by atoms with E-state index in [4.69, 9.17) is 0 Å². The molecule has 154 valence electrons. The van der Waals surface area contributed by atoms with E-state index in [1.807, 2.05) is 31.2 Å². The van der Waals surface area contributed by atoms with Gasteiger partial charge in [-0.25, -0.2) is 19.9 Å². The summed E-state index contributed by atoms with van der Waals surface area (Å²) < 4.78 is 0. The van der Waals surface area contributed by atoms with Crippen molar-refractivity contribution in [3.05, 3.63) is 70.0 Å². The number of fused-ring (bicyclic) bond motifs is 1. The number of H-pyrrole nitrogens is 1. The number of hydrogen-bond donors (Lipinski definition) is 3. The SMILES string of the molecule is Cc1cnc(CNC(=O)c2csc(CCNCCc3nc4ccccc4[nH]3)n2)nc1. The quantitative estimate of drug-likeness (QED) is 0.358. The molecule has 3 heterocycles. The average Bonchev–Trinajstić information content (AvgIpc) is 3.39. The van der Waals surface area contributed by atoms with Gasteiger partial charge in [-0.15, -0.1) is 11.3 Å². The maximum atomic E-state index is 12.3. The summed E-state index contributed by atoms with van der Waals surface area (Å²) >= 11 is 1.50. The Morgan fingerprint density at radius 1 is 1.10 bits per heavy atom. The van der Waals surface area contributed by atoms with Gasteiger partial charge in [0.15, 0.2) is 0 Å². The molecule has 9 heteroatoms. The molecular formula is C21H23N7OS. The van der Waals surface area contributed by atoms with Gasteiger partial charge in [0.2, 0.25) is 0 Å². The molecule has 3 N–H and O–H groups in total. The molecule has 8 nitrogen and oxygen atoms in total. The van der Waals surface area contributed by atoms with Crippen LogP contribution < -0.4 is 10.6 Å². The molecule has 0 aliphatic rings. The van der Waals surface area contributed by atoms with Gasteiger partial charge in [-0.2, -0.15) is 0 Å². The number of imidazole rings is 1. The second-order valence-corrected chi connectivity index (χ2v) is 7.88. The smallest absolute Gasteiger partial charge is 0.271 e. The van der Waals surface area contributed by atoms with E-state index in [0.29, 0.717) is 11.5 Å². The van der Waals surface area contributed by atoms with Gasteiger partial charge in [0.05, 0.1) is 22.6 Å². The third-order valence-electron chi connectivity index (χ3n) is 4.52. The molecule has 0 unspecified atom stereocenters. The molecule has 0 aliphatic heterocycles. The van der Waals surface area contributed by atoms with Crippen LogP contribution in [0, 0.1) is 6.92 Å². The Morgan fingerprint density at radius 2 is 1.90 bits per heavy atom. The van der Waals surface area contributed by atoms with Gasteiger partial charge in [0, 0.05) is 43.7 Å². The average molecular weight is 422 g/mol. The van der Waals surface area contributed by atoms with E-state index in [9.17, 15) is 4.79 Å². The Bertz CT molecular complexity index is 1090. The number of rotatable bonds is 9. The molecule has 0 aliphatic carbocycles. The Kier molecular flexibility index (Phi) is 6.41. The van der Waals surface area contributed by atoms with E-state index in [0.717, 1.165) is 53.4 Å². The zero-order valence-corrected chi connectivity index (χ0v) is 17.5. The van der Waals surface area contributed by atoms with Crippen LogP contribution >= 0.6 is 11.3 Å². The van der Waals surface area contributed by atoms with Crippen molar-refractivity contribution in [2.45, 2.75) is 26.3 Å². The Labute approximate surface area is 178 Å². The van der Waals surface area contributed by atoms with E-state index in [2.05, 4.69) is 35.6 Å². The number of aryl methyl sites for hydroxylation is 1. The first-order chi connectivity index (χ1) is 14.7. The standard InChI is InChI=1S/C21H23N7OS/c1-14-10-23-19(24-11-14)12-25-21(29)17-13-30-20(28-17)7-9-22-8-6-18-26-15-4-2-3-5-16(15)27-18/h2-5,10-11,13,22H,6-9,12H2,1H3,(H,25,29)(H,26,27). The summed E-state index contributed by atoms with van der Waals surface area (Å²) in [7, 11) is 0. The maximum absolute atomic E-state index is 12.3. The molecule has 4 aromatic rings. The highest BCUT2D eigenvalue weighted by molar-refractivity contribution is 7.09. The van der Waals surface area contributed by atoms with E-state index in [1.165, 1.54) is 11.3 Å². The van der Waals surface area contributed by atoms with Crippen LogP contribution in [0.1, 0.15) is 32.7 Å². The summed E-state index contributed by atoms with van der Waals surface area (Å²) in [4.78, 5) is 33.0. The highest BCUT2D eigenvalue weighted by atomic mass is 32.1.